The maximum absolute atomic E-state index is 13.5. The Hall–Kier alpha value is -3.03. The van der Waals surface area contributed by atoms with Gasteiger partial charge in [0, 0.05) is 24.7 Å². The Labute approximate surface area is 130 Å². The number of aromatic nitrogens is 2. The fraction of sp³-hybridized carbons (Fsp3) is 0.133. The van der Waals surface area contributed by atoms with E-state index < -0.39 is 11.6 Å². The van der Waals surface area contributed by atoms with Gasteiger partial charge in [0.05, 0.1) is 18.1 Å². The Morgan fingerprint density at radius 2 is 2.00 bits per heavy atom. The van der Waals surface area contributed by atoms with Crippen LogP contribution in [0.2, 0.25) is 0 Å². The highest BCUT2D eigenvalue weighted by Crippen LogP contribution is 2.24. The van der Waals surface area contributed by atoms with Gasteiger partial charge in [0.1, 0.15) is 5.82 Å². The highest BCUT2D eigenvalue weighted by Gasteiger charge is 2.22. The van der Waals surface area contributed by atoms with Gasteiger partial charge in [0.15, 0.2) is 11.6 Å². The lowest BCUT2D eigenvalue weighted by Gasteiger charge is -2.28. The van der Waals surface area contributed by atoms with E-state index in [9.17, 15) is 13.6 Å². The van der Waals surface area contributed by atoms with Crippen LogP contribution in [0.15, 0.2) is 42.9 Å². The first-order valence-electron chi connectivity index (χ1n) is 6.74. The van der Waals surface area contributed by atoms with Crippen LogP contribution in [0.25, 0.3) is 0 Å². The van der Waals surface area contributed by atoms with Gasteiger partial charge in [-0.3, -0.25) is 4.90 Å². The molecule has 1 fully saturated rings. The number of nitrogens with one attached hydrogen (secondary N) is 1. The molecule has 2 amide bonds. The maximum Gasteiger partial charge on any atom is 0.326 e. The lowest BCUT2D eigenvalue weighted by molar-refractivity contribution is 0.246. The summed E-state index contributed by atoms with van der Waals surface area (Å²) in [7, 11) is 0. The number of carbonyl (C=O) groups is 1. The number of nitrogens with zero attached hydrogens (tertiary/aromatic N) is 3. The van der Waals surface area contributed by atoms with Crippen molar-refractivity contribution >= 4 is 11.7 Å². The highest BCUT2D eigenvalue weighted by molar-refractivity contribution is 5.93. The summed E-state index contributed by atoms with van der Waals surface area (Å²) >= 11 is 0. The molecule has 6 nitrogen and oxygen atoms in total. The number of hydrogen-bond acceptors (Lipinski definition) is 4. The monoisotopic (exact) mass is 318 g/mol. The van der Waals surface area contributed by atoms with Crippen molar-refractivity contribution in [1.82, 2.24) is 15.3 Å². The minimum Gasteiger partial charge on any atom is -0.421 e. The van der Waals surface area contributed by atoms with Crippen molar-refractivity contribution in [1.29, 1.82) is 0 Å². The molecule has 1 aliphatic rings. The van der Waals surface area contributed by atoms with Gasteiger partial charge in [0.25, 0.3) is 0 Å². The summed E-state index contributed by atoms with van der Waals surface area (Å²) in [6.45, 7) is 4.16. The summed E-state index contributed by atoms with van der Waals surface area (Å²) < 4.78 is 31.5. The summed E-state index contributed by atoms with van der Waals surface area (Å²) in [6, 6.07) is 2.49. The van der Waals surface area contributed by atoms with Gasteiger partial charge in [-0.2, -0.15) is 0 Å². The molecule has 23 heavy (non-hydrogen) atoms. The van der Waals surface area contributed by atoms with Crippen LogP contribution >= 0.6 is 0 Å². The van der Waals surface area contributed by atoms with Crippen LogP contribution in [0.4, 0.5) is 19.3 Å². The number of rotatable bonds is 3. The molecule has 2 heterocycles. The van der Waals surface area contributed by atoms with Gasteiger partial charge < -0.3 is 10.1 Å². The smallest absolute Gasteiger partial charge is 0.326 e. The van der Waals surface area contributed by atoms with E-state index in [4.69, 9.17) is 4.74 Å². The highest BCUT2D eigenvalue weighted by atomic mass is 19.1. The molecule has 118 valence electrons. The fourth-order valence-corrected chi connectivity index (χ4v) is 2.03. The Morgan fingerprint density at radius 3 is 2.65 bits per heavy atom. The molecule has 0 spiro atoms. The molecule has 0 atom stereocenters. The second-order valence-corrected chi connectivity index (χ2v) is 4.84. The number of hydrogen-bond donors (Lipinski definition) is 1. The zero-order chi connectivity index (χ0) is 16.4. The first-order valence-corrected chi connectivity index (χ1v) is 6.74. The van der Waals surface area contributed by atoms with Gasteiger partial charge in [-0.25, -0.2) is 23.5 Å². The third kappa shape index (κ3) is 3.25. The average molecular weight is 318 g/mol. The second-order valence-electron chi connectivity index (χ2n) is 4.84. The summed E-state index contributed by atoms with van der Waals surface area (Å²) in [5, 5.41) is 2.62. The van der Waals surface area contributed by atoms with Crippen LogP contribution < -0.4 is 15.0 Å². The first kappa shape index (κ1) is 14.9. The van der Waals surface area contributed by atoms with Crippen molar-refractivity contribution in [3.63, 3.8) is 0 Å². The van der Waals surface area contributed by atoms with E-state index in [1.165, 1.54) is 17.3 Å². The molecule has 1 aromatic carbocycles. The van der Waals surface area contributed by atoms with Gasteiger partial charge in [-0.15, -0.1) is 0 Å². The molecule has 8 heteroatoms. The van der Waals surface area contributed by atoms with Crippen molar-refractivity contribution in [2.24, 2.45) is 0 Å². The molecular formula is C15H12F2N4O2. The molecule has 2 aromatic rings. The van der Waals surface area contributed by atoms with E-state index in [1.54, 1.807) is 0 Å². The quantitative estimate of drug-likeness (QED) is 0.945. The SMILES string of the molecule is C=C1CCN(c2cnc(Oc3ccc(F)cc3F)nc2)C(=O)N1. The van der Waals surface area contributed by atoms with Gasteiger partial charge in [0.2, 0.25) is 0 Å². The van der Waals surface area contributed by atoms with Crippen molar-refractivity contribution in [3.8, 4) is 11.8 Å². The molecule has 1 N–H and O–H groups in total. The molecule has 1 saturated heterocycles. The Balaban J connectivity index is 1.74. The Kier molecular flexibility index (Phi) is 3.88. The van der Waals surface area contributed by atoms with E-state index >= 15 is 0 Å². The summed E-state index contributed by atoms with van der Waals surface area (Å²) in [5.41, 5.74) is 1.13. The average Bonchev–Trinajstić information content (AvgIpc) is 2.51. The number of amides is 2. The third-order valence-corrected chi connectivity index (χ3v) is 3.19. The van der Waals surface area contributed by atoms with Crippen molar-refractivity contribution in [2.75, 3.05) is 11.4 Å². The lowest BCUT2D eigenvalue weighted by Crippen LogP contribution is -2.45. The van der Waals surface area contributed by atoms with Crippen LogP contribution in [-0.4, -0.2) is 22.5 Å². The number of carbonyl (C=O) groups excluding carboxylic acids is 1. The zero-order valence-corrected chi connectivity index (χ0v) is 11.9. The molecular weight excluding hydrogens is 306 g/mol. The standard InChI is InChI=1S/C15H12F2N4O2/c1-9-4-5-21(15(22)20-9)11-7-18-14(19-8-11)23-13-3-2-10(16)6-12(13)17/h2-3,6-8H,1,4-5H2,(H,20,22). The largest absolute Gasteiger partial charge is 0.421 e. The van der Waals surface area contributed by atoms with E-state index in [0.29, 0.717) is 30.4 Å². The van der Waals surface area contributed by atoms with Crippen LogP contribution in [-0.2, 0) is 0 Å². The fourth-order valence-electron chi connectivity index (χ4n) is 2.03. The maximum atomic E-state index is 13.5. The van der Waals surface area contributed by atoms with Crippen molar-refractivity contribution in [3.05, 3.63) is 54.5 Å². The molecule has 0 bridgehead atoms. The van der Waals surface area contributed by atoms with Crippen molar-refractivity contribution in [2.45, 2.75) is 6.42 Å². The molecule has 0 saturated carbocycles. The van der Waals surface area contributed by atoms with Gasteiger partial charge in [-0.1, -0.05) is 6.58 Å². The Morgan fingerprint density at radius 1 is 1.26 bits per heavy atom. The summed E-state index contributed by atoms with van der Waals surface area (Å²) in [6.07, 6.45) is 3.39. The molecule has 0 unspecified atom stereocenters. The van der Waals surface area contributed by atoms with E-state index in [2.05, 4.69) is 21.9 Å². The topological polar surface area (TPSA) is 67.3 Å². The molecule has 1 aromatic heterocycles. The lowest BCUT2D eigenvalue weighted by atomic mass is 10.2. The van der Waals surface area contributed by atoms with E-state index in [0.717, 1.165) is 12.1 Å². The summed E-state index contributed by atoms with van der Waals surface area (Å²) in [5.74, 6) is -1.75. The number of halogens is 2. The van der Waals surface area contributed by atoms with E-state index in [-0.39, 0.29) is 17.8 Å². The van der Waals surface area contributed by atoms with Crippen LogP contribution in [0, 0.1) is 11.6 Å². The minimum absolute atomic E-state index is 0.110. The predicted octanol–water partition coefficient (Wildman–Crippen LogP) is 2.98. The number of urea groups is 1. The van der Waals surface area contributed by atoms with Gasteiger partial charge >= 0.3 is 12.0 Å². The predicted molar refractivity (Wildman–Crippen MR) is 78.1 cm³/mol. The summed E-state index contributed by atoms with van der Waals surface area (Å²) in [4.78, 5) is 21.2. The zero-order valence-electron chi connectivity index (χ0n) is 11.9. The number of ether oxygens (including phenoxy) is 1. The third-order valence-electron chi connectivity index (χ3n) is 3.19. The van der Waals surface area contributed by atoms with Gasteiger partial charge in [-0.05, 0) is 12.1 Å². The van der Waals surface area contributed by atoms with Crippen LogP contribution in [0.3, 0.4) is 0 Å². The first-order chi connectivity index (χ1) is 11.0. The molecule has 1 aliphatic heterocycles. The molecule has 0 radical (unpaired) electrons. The normalized spacial score (nSPS) is 14.6. The second kappa shape index (κ2) is 5.99. The number of benzene rings is 1. The molecule has 0 aliphatic carbocycles. The molecule has 3 rings (SSSR count). The van der Waals surface area contributed by atoms with Crippen LogP contribution in [0.1, 0.15) is 6.42 Å². The van der Waals surface area contributed by atoms with Crippen LogP contribution in [0.5, 0.6) is 11.8 Å². The van der Waals surface area contributed by atoms with E-state index in [1.807, 2.05) is 0 Å². The number of anilines is 1. The van der Waals surface area contributed by atoms with Crippen molar-refractivity contribution < 1.29 is 18.3 Å². The Bertz CT molecular complexity index is 765. The minimum atomic E-state index is -0.855.